The van der Waals surface area contributed by atoms with Crippen LogP contribution in [0.3, 0.4) is 0 Å². The van der Waals surface area contributed by atoms with Crippen molar-refractivity contribution in [3.63, 3.8) is 0 Å². The molecule has 0 aromatic rings. The zero-order chi connectivity index (χ0) is 17.2. The van der Waals surface area contributed by atoms with Gasteiger partial charge in [-0.25, -0.2) is 0 Å². The van der Waals surface area contributed by atoms with Gasteiger partial charge in [-0.2, -0.15) is 0 Å². The molecule has 1 aliphatic carbocycles. The van der Waals surface area contributed by atoms with E-state index in [1.54, 1.807) is 0 Å². The van der Waals surface area contributed by atoms with E-state index >= 15 is 0 Å². The largest absolute Gasteiger partial charge is 0.377 e. The van der Waals surface area contributed by atoms with Gasteiger partial charge in [-0.05, 0) is 34.1 Å². The second-order valence-corrected chi connectivity index (χ2v) is 8.11. The zero-order valence-electron chi connectivity index (χ0n) is 16.4. The quantitative estimate of drug-likeness (QED) is 0.370. The Balaban J connectivity index is 0.00000288. The Kier molecular flexibility index (Phi) is 8.26. The molecule has 0 bridgehead atoms. The number of aliphatic imine (C=N–C) groups is 1. The molecule has 5 nitrogen and oxygen atoms in total. The highest BCUT2D eigenvalue weighted by Crippen LogP contribution is 2.52. The molecule has 0 spiro atoms. The fourth-order valence-corrected chi connectivity index (χ4v) is 4.38. The minimum absolute atomic E-state index is 0. The highest BCUT2D eigenvalue weighted by molar-refractivity contribution is 14.0. The first-order chi connectivity index (χ1) is 10.8. The summed E-state index contributed by atoms with van der Waals surface area (Å²) in [6.07, 6.45) is 1.58. The molecule has 1 heterocycles. The van der Waals surface area contributed by atoms with Crippen molar-refractivity contribution in [2.75, 3.05) is 26.7 Å². The van der Waals surface area contributed by atoms with E-state index < -0.39 is 0 Å². The summed E-state index contributed by atoms with van der Waals surface area (Å²) < 4.78 is 5.87. The van der Waals surface area contributed by atoms with Crippen molar-refractivity contribution in [1.82, 2.24) is 15.5 Å². The Labute approximate surface area is 165 Å². The molecular formula is C18H37IN4O. The van der Waals surface area contributed by atoms with Crippen LogP contribution in [0.1, 0.15) is 48.0 Å². The lowest BCUT2D eigenvalue weighted by atomic mass is 9.57. The van der Waals surface area contributed by atoms with Crippen LogP contribution in [-0.2, 0) is 4.74 Å². The molecule has 0 radical (unpaired) electrons. The van der Waals surface area contributed by atoms with Crippen LogP contribution in [0.15, 0.2) is 4.99 Å². The van der Waals surface area contributed by atoms with Crippen molar-refractivity contribution in [3.05, 3.63) is 0 Å². The highest BCUT2D eigenvalue weighted by Gasteiger charge is 2.59. The predicted molar refractivity (Wildman–Crippen MR) is 112 cm³/mol. The van der Waals surface area contributed by atoms with E-state index in [4.69, 9.17) is 4.74 Å². The van der Waals surface area contributed by atoms with Crippen LogP contribution in [0.4, 0.5) is 0 Å². The molecule has 3 atom stereocenters. The van der Waals surface area contributed by atoms with E-state index in [1.165, 1.54) is 0 Å². The lowest BCUT2D eigenvalue weighted by molar-refractivity contribution is -0.106. The van der Waals surface area contributed by atoms with Gasteiger partial charge in [0.05, 0.1) is 6.10 Å². The van der Waals surface area contributed by atoms with E-state index in [0.717, 1.165) is 32.1 Å². The smallest absolute Gasteiger partial charge is 0.191 e. The van der Waals surface area contributed by atoms with Gasteiger partial charge in [0.25, 0.3) is 0 Å². The molecule has 6 heteroatoms. The standard InChI is InChI=1S/C18H36N4O.HI/c1-12(2)22(13(3)4)10-9-20-17(19-7)21-15-14-8-11-23-16(14)18(15,5)6;/h12-16H,8-11H2,1-7H3,(H2,19,20,21);1H. The molecule has 0 aromatic carbocycles. The summed E-state index contributed by atoms with van der Waals surface area (Å²) in [5.41, 5.74) is 0.181. The van der Waals surface area contributed by atoms with Gasteiger partial charge in [0.2, 0.25) is 0 Å². The van der Waals surface area contributed by atoms with Crippen molar-refractivity contribution in [2.24, 2.45) is 16.3 Å². The van der Waals surface area contributed by atoms with Gasteiger partial charge in [-0.1, -0.05) is 13.8 Å². The molecule has 2 aliphatic rings. The molecule has 2 N–H and O–H groups in total. The maximum absolute atomic E-state index is 5.87. The van der Waals surface area contributed by atoms with Crippen LogP contribution >= 0.6 is 24.0 Å². The fourth-order valence-electron chi connectivity index (χ4n) is 4.38. The molecule has 142 valence electrons. The lowest BCUT2D eigenvalue weighted by Crippen LogP contribution is -2.68. The molecule has 24 heavy (non-hydrogen) atoms. The van der Waals surface area contributed by atoms with Crippen molar-refractivity contribution in [3.8, 4) is 0 Å². The van der Waals surface area contributed by atoms with E-state index in [-0.39, 0.29) is 29.4 Å². The monoisotopic (exact) mass is 452 g/mol. The highest BCUT2D eigenvalue weighted by atomic mass is 127. The third kappa shape index (κ3) is 4.55. The number of guanidine groups is 1. The van der Waals surface area contributed by atoms with Crippen molar-refractivity contribution >= 4 is 29.9 Å². The molecule has 3 unspecified atom stereocenters. The Morgan fingerprint density at radius 2 is 1.88 bits per heavy atom. The van der Waals surface area contributed by atoms with Gasteiger partial charge in [0, 0.05) is 56.2 Å². The van der Waals surface area contributed by atoms with Crippen LogP contribution < -0.4 is 10.6 Å². The summed E-state index contributed by atoms with van der Waals surface area (Å²) >= 11 is 0. The van der Waals surface area contributed by atoms with Crippen LogP contribution in [0, 0.1) is 11.3 Å². The first-order valence-electron chi connectivity index (χ1n) is 9.13. The second kappa shape index (κ2) is 9.03. The second-order valence-electron chi connectivity index (χ2n) is 8.11. The molecule has 0 aromatic heterocycles. The summed E-state index contributed by atoms with van der Waals surface area (Å²) in [6, 6.07) is 1.58. The zero-order valence-corrected chi connectivity index (χ0v) is 18.8. The van der Waals surface area contributed by atoms with Crippen molar-refractivity contribution in [2.45, 2.75) is 72.2 Å². The minimum atomic E-state index is 0. The summed E-state index contributed by atoms with van der Waals surface area (Å²) in [4.78, 5) is 6.91. The Morgan fingerprint density at radius 3 is 2.42 bits per heavy atom. The normalized spacial score (nSPS) is 28.6. The Morgan fingerprint density at radius 1 is 1.25 bits per heavy atom. The van der Waals surface area contributed by atoms with E-state index in [9.17, 15) is 0 Å². The molecule has 0 amide bonds. The summed E-state index contributed by atoms with van der Waals surface area (Å²) in [6.45, 7) is 16.4. The van der Waals surface area contributed by atoms with Crippen LogP contribution in [-0.4, -0.2) is 61.8 Å². The maximum Gasteiger partial charge on any atom is 0.191 e. The number of nitrogens with zero attached hydrogens (tertiary/aromatic N) is 2. The number of ether oxygens (including phenoxy) is 1. The molecule has 1 saturated carbocycles. The van der Waals surface area contributed by atoms with Gasteiger partial charge >= 0.3 is 0 Å². The van der Waals surface area contributed by atoms with Crippen LogP contribution in [0.2, 0.25) is 0 Å². The number of hydrogen-bond donors (Lipinski definition) is 2. The van der Waals surface area contributed by atoms with E-state index in [2.05, 4.69) is 62.1 Å². The van der Waals surface area contributed by atoms with Crippen LogP contribution in [0.5, 0.6) is 0 Å². The first kappa shape index (κ1) is 22.0. The first-order valence-corrected chi connectivity index (χ1v) is 9.13. The number of fused-ring (bicyclic) bond motifs is 1. The van der Waals surface area contributed by atoms with Crippen LogP contribution in [0.25, 0.3) is 0 Å². The summed E-state index contributed by atoms with van der Waals surface area (Å²) in [5, 5.41) is 7.12. The maximum atomic E-state index is 5.87. The van der Waals surface area contributed by atoms with Crippen molar-refractivity contribution in [1.29, 1.82) is 0 Å². The fraction of sp³-hybridized carbons (Fsp3) is 0.944. The average Bonchev–Trinajstić information content (AvgIpc) is 2.92. The number of hydrogen-bond acceptors (Lipinski definition) is 3. The summed E-state index contributed by atoms with van der Waals surface area (Å²) in [7, 11) is 1.85. The number of rotatable bonds is 6. The van der Waals surface area contributed by atoms with Gasteiger partial charge in [0.1, 0.15) is 0 Å². The summed E-state index contributed by atoms with van der Waals surface area (Å²) in [5.74, 6) is 1.55. The van der Waals surface area contributed by atoms with Crippen molar-refractivity contribution < 1.29 is 4.74 Å². The minimum Gasteiger partial charge on any atom is -0.377 e. The number of halogens is 1. The van der Waals surface area contributed by atoms with Gasteiger partial charge < -0.3 is 15.4 Å². The predicted octanol–water partition coefficient (Wildman–Crippen LogP) is 2.70. The third-order valence-electron chi connectivity index (χ3n) is 5.61. The van der Waals surface area contributed by atoms with E-state index in [1.807, 2.05) is 7.05 Å². The number of nitrogens with one attached hydrogen (secondary N) is 2. The Bertz CT molecular complexity index is 417. The third-order valence-corrected chi connectivity index (χ3v) is 5.61. The topological polar surface area (TPSA) is 48.9 Å². The molecule has 1 aliphatic heterocycles. The van der Waals surface area contributed by atoms with Gasteiger partial charge in [-0.15, -0.1) is 24.0 Å². The van der Waals surface area contributed by atoms with Gasteiger partial charge in [-0.3, -0.25) is 9.89 Å². The van der Waals surface area contributed by atoms with Gasteiger partial charge in [0.15, 0.2) is 5.96 Å². The molecule has 2 rings (SSSR count). The SMILES string of the molecule is CN=C(NCCN(C(C)C)C(C)C)NC1C2CCOC2C1(C)C.I. The Hall–Kier alpha value is -0.0800. The van der Waals surface area contributed by atoms with E-state index in [0.29, 0.717) is 30.1 Å². The molecule has 2 fully saturated rings. The molecule has 1 saturated heterocycles. The lowest BCUT2D eigenvalue weighted by Gasteiger charge is -2.54. The average molecular weight is 452 g/mol. The molecular weight excluding hydrogens is 415 g/mol.